The van der Waals surface area contributed by atoms with Crippen molar-refractivity contribution in [2.45, 2.75) is 32.5 Å². The van der Waals surface area contributed by atoms with Crippen molar-refractivity contribution >= 4 is 11.8 Å². The maximum absolute atomic E-state index is 13.2. The number of rotatable bonds is 5. The van der Waals surface area contributed by atoms with Crippen LogP contribution in [0.1, 0.15) is 40.1 Å². The summed E-state index contributed by atoms with van der Waals surface area (Å²) in [6.07, 6.45) is 1.64. The van der Waals surface area contributed by atoms with Crippen LogP contribution in [-0.2, 0) is 6.54 Å². The van der Waals surface area contributed by atoms with Crippen molar-refractivity contribution in [1.82, 2.24) is 15.3 Å². The number of hydrogen-bond acceptors (Lipinski definition) is 5. The van der Waals surface area contributed by atoms with Gasteiger partial charge in [0.2, 0.25) is 0 Å². The number of hydrogen-bond donors (Lipinski definition) is 2. The Bertz CT molecular complexity index is 1050. The average Bonchev–Trinajstić information content (AvgIpc) is 3.34. The van der Waals surface area contributed by atoms with Gasteiger partial charge in [0, 0.05) is 48.4 Å². The van der Waals surface area contributed by atoms with Crippen LogP contribution >= 0.6 is 0 Å². The molecule has 2 N–H and O–H groups in total. The van der Waals surface area contributed by atoms with E-state index in [2.05, 4.69) is 18.7 Å². The normalized spacial score (nSPS) is 19.0. The smallest absolute Gasteiger partial charge is 0.274 e. The van der Waals surface area contributed by atoms with Gasteiger partial charge >= 0.3 is 0 Å². The lowest BCUT2D eigenvalue weighted by molar-refractivity contribution is 0.0268. The van der Waals surface area contributed by atoms with Crippen LogP contribution in [0.3, 0.4) is 0 Å². The predicted molar refractivity (Wildman–Crippen MR) is 120 cm³/mol. The van der Waals surface area contributed by atoms with Gasteiger partial charge in [-0.15, -0.1) is 0 Å². The van der Waals surface area contributed by atoms with Crippen LogP contribution in [0.5, 0.6) is 0 Å². The molecule has 166 valence electrons. The summed E-state index contributed by atoms with van der Waals surface area (Å²) in [5.41, 5.74) is 4.74. The third-order valence-electron chi connectivity index (χ3n) is 5.89. The predicted octanol–water partition coefficient (Wildman–Crippen LogP) is 3.80. The van der Waals surface area contributed by atoms with Gasteiger partial charge in [0.05, 0.1) is 6.26 Å². The summed E-state index contributed by atoms with van der Waals surface area (Å²) in [5.74, 6) is 0.294. The molecule has 1 saturated heterocycles. The van der Waals surface area contributed by atoms with Gasteiger partial charge in [-0.25, -0.2) is 5.48 Å². The number of carbonyl (C=O) groups excluding carboxylic acids is 2. The molecule has 7 heteroatoms. The molecule has 0 aliphatic carbocycles. The first kappa shape index (κ1) is 21.8. The molecule has 0 bridgehead atoms. The van der Waals surface area contributed by atoms with Crippen molar-refractivity contribution in [3.05, 3.63) is 83.6 Å². The topological polar surface area (TPSA) is 86.0 Å². The zero-order chi connectivity index (χ0) is 22.7. The van der Waals surface area contributed by atoms with Crippen LogP contribution in [0.25, 0.3) is 11.3 Å². The lowest BCUT2D eigenvalue weighted by atomic mass is 10.0. The minimum atomic E-state index is -0.525. The molecule has 1 aromatic heterocycles. The minimum Gasteiger partial charge on any atom is -0.464 e. The minimum absolute atomic E-state index is 0.0370. The Balaban J connectivity index is 1.40. The largest absolute Gasteiger partial charge is 0.464 e. The zero-order valence-electron chi connectivity index (χ0n) is 18.2. The first-order chi connectivity index (χ1) is 15.5. The highest BCUT2D eigenvalue weighted by Gasteiger charge is 2.33. The van der Waals surface area contributed by atoms with Crippen LogP contribution in [-0.4, -0.2) is 52.0 Å². The van der Waals surface area contributed by atoms with Crippen molar-refractivity contribution in [2.24, 2.45) is 0 Å². The number of amides is 2. The molecule has 1 fully saturated rings. The van der Waals surface area contributed by atoms with E-state index in [9.17, 15) is 9.59 Å². The van der Waals surface area contributed by atoms with E-state index in [1.807, 2.05) is 53.4 Å². The van der Waals surface area contributed by atoms with E-state index in [0.717, 1.165) is 36.5 Å². The fourth-order valence-electron chi connectivity index (χ4n) is 4.41. The lowest BCUT2D eigenvalue weighted by Gasteiger charge is -2.44. The number of benzene rings is 2. The van der Waals surface area contributed by atoms with Crippen molar-refractivity contribution in [2.75, 3.05) is 13.1 Å². The van der Waals surface area contributed by atoms with Crippen molar-refractivity contribution < 1.29 is 19.2 Å². The molecule has 3 aromatic rings. The average molecular weight is 434 g/mol. The number of piperazine rings is 1. The van der Waals surface area contributed by atoms with E-state index < -0.39 is 5.91 Å². The molecule has 2 aromatic carbocycles. The number of nitrogens with zero attached hydrogens (tertiary/aromatic N) is 2. The van der Waals surface area contributed by atoms with E-state index >= 15 is 0 Å². The van der Waals surface area contributed by atoms with E-state index in [4.69, 9.17) is 9.62 Å². The molecule has 1 aliphatic heterocycles. The molecule has 2 heterocycles. The molecular weight excluding hydrogens is 406 g/mol. The number of carbonyl (C=O) groups is 2. The number of furan rings is 1. The van der Waals surface area contributed by atoms with Crippen LogP contribution in [0.4, 0.5) is 0 Å². The third kappa shape index (κ3) is 4.59. The summed E-state index contributed by atoms with van der Waals surface area (Å²) in [6.45, 7) is 6.41. The van der Waals surface area contributed by atoms with Gasteiger partial charge in [-0.05, 0) is 55.8 Å². The molecule has 7 nitrogen and oxygen atoms in total. The van der Waals surface area contributed by atoms with Crippen molar-refractivity contribution in [1.29, 1.82) is 0 Å². The Morgan fingerprint density at radius 2 is 1.59 bits per heavy atom. The van der Waals surface area contributed by atoms with Crippen molar-refractivity contribution in [3.63, 3.8) is 0 Å². The van der Waals surface area contributed by atoms with E-state index in [1.165, 1.54) is 0 Å². The Hall–Kier alpha value is -3.42. The second-order valence-corrected chi connectivity index (χ2v) is 8.30. The molecule has 4 rings (SSSR count). The second kappa shape index (κ2) is 9.38. The van der Waals surface area contributed by atoms with Crippen LogP contribution < -0.4 is 5.48 Å². The van der Waals surface area contributed by atoms with Crippen LogP contribution in [0.15, 0.2) is 71.3 Å². The first-order valence-corrected chi connectivity index (χ1v) is 10.7. The molecule has 2 atom stereocenters. The molecule has 1 aliphatic rings. The Morgan fingerprint density at radius 3 is 2.16 bits per heavy atom. The van der Waals surface area contributed by atoms with Gasteiger partial charge in [-0.2, -0.15) is 0 Å². The first-order valence-electron chi connectivity index (χ1n) is 10.7. The highest BCUT2D eigenvalue weighted by Crippen LogP contribution is 2.24. The van der Waals surface area contributed by atoms with Gasteiger partial charge in [-0.1, -0.05) is 24.3 Å². The molecule has 32 heavy (non-hydrogen) atoms. The monoisotopic (exact) mass is 433 g/mol. The van der Waals surface area contributed by atoms with Gasteiger partial charge in [0.1, 0.15) is 5.76 Å². The quantitative estimate of drug-likeness (QED) is 0.472. The third-order valence-corrected chi connectivity index (χ3v) is 5.89. The molecule has 0 saturated carbocycles. The maximum atomic E-state index is 13.2. The van der Waals surface area contributed by atoms with E-state index in [0.29, 0.717) is 11.1 Å². The van der Waals surface area contributed by atoms with Gasteiger partial charge in [0.15, 0.2) is 0 Å². The van der Waals surface area contributed by atoms with Gasteiger partial charge in [-0.3, -0.25) is 19.7 Å². The summed E-state index contributed by atoms with van der Waals surface area (Å²) < 4.78 is 5.42. The summed E-state index contributed by atoms with van der Waals surface area (Å²) >= 11 is 0. The molecule has 0 unspecified atom stereocenters. The van der Waals surface area contributed by atoms with Gasteiger partial charge < -0.3 is 9.32 Å². The van der Waals surface area contributed by atoms with Crippen LogP contribution in [0.2, 0.25) is 0 Å². The second-order valence-electron chi connectivity index (χ2n) is 8.30. The Kier molecular flexibility index (Phi) is 6.39. The maximum Gasteiger partial charge on any atom is 0.274 e. The highest BCUT2D eigenvalue weighted by atomic mass is 16.5. The fourth-order valence-corrected chi connectivity index (χ4v) is 4.41. The van der Waals surface area contributed by atoms with Crippen LogP contribution in [0, 0.1) is 0 Å². The standard InChI is InChI=1S/C25H27N3O4/c1-17-14-27(16-19-5-7-21(8-6-19)24(29)26-31)15-18(2)28(17)25(30)22-11-9-20(10-12-22)23-4-3-13-32-23/h3-13,17-18,31H,14-16H2,1-2H3,(H,26,29)/t17-,18+. The number of nitrogens with one attached hydrogen (secondary N) is 1. The number of hydroxylamine groups is 1. The highest BCUT2D eigenvalue weighted by molar-refractivity contribution is 5.95. The summed E-state index contributed by atoms with van der Waals surface area (Å²) in [6, 6.07) is 18.6. The Labute approximate surface area is 187 Å². The Morgan fingerprint density at radius 1 is 0.969 bits per heavy atom. The lowest BCUT2D eigenvalue weighted by Crippen LogP contribution is -2.58. The molecule has 0 radical (unpaired) electrons. The SMILES string of the molecule is C[C@@H]1CN(Cc2ccc(C(=O)NO)cc2)C[C@H](C)N1C(=O)c1ccc(-c2ccco2)cc1. The molecule has 2 amide bonds. The molecule has 0 spiro atoms. The van der Waals surface area contributed by atoms with Gasteiger partial charge in [0.25, 0.3) is 11.8 Å². The van der Waals surface area contributed by atoms with E-state index in [-0.39, 0.29) is 18.0 Å². The van der Waals surface area contributed by atoms with Crippen molar-refractivity contribution in [3.8, 4) is 11.3 Å². The van der Waals surface area contributed by atoms with E-state index in [1.54, 1.807) is 23.9 Å². The summed E-state index contributed by atoms with van der Waals surface area (Å²) in [5, 5.41) is 8.74. The zero-order valence-corrected chi connectivity index (χ0v) is 18.2. The summed E-state index contributed by atoms with van der Waals surface area (Å²) in [4.78, 5) is 29.0. The fraction of sp³-hybridized carbons (Fsp3) is 0.280. The molecular formula is C25H27N3O4. The summed E-state index contributed by atoms with van der Waals surface area (Å²) in [7, 11) is 0.